The number of carbonyl (C=O) groups excluding carboxylic acids is 1. The largest absolute Gasteiger partial charge is 0.451 e. The lowest BCUT2D eigenvalue weighted by molar-refractivity contribution is 0.0680. The molecule has 128 valence electrons. The number of sulfonamides is 1. The highest BCUT2D eigenvalue weighted by Gasteiger charge is 2.29. The third kappa shape index (κ3) is 3.49. The van der Waals surface area contributed by atoms with Crippen LogP contribution in [0, 0.1) is 0 Å². The van der Waals surface area contributed by atoms with Crippen LogP contribution in [0.1, 0.15) is 47.6 Å². The molecule has 0 radical (unpaired) electrons. The summed E-state index contributed by atoms with van der Waals surface area (Å²) in [6, 6.07) is 4.94. The van der Waals surface area contributed by atoms with E-state index in [1.165, 1.54) is 6.07 Å². The summed E-state index contributed by atoms with van der Waals surface area (Å²) < 4.78 is 27.6. The van der Waals surface area contributed by atoms with E-state index in [0.717, 1.165) is 37.5 Å². The molecule has 1 aliphatic rings. The fourth-order valence-electron chi connectivity index (χ4n) is 3.03. The number of nitrogens with zero attached hydrogens (tertiary/aromatic N) is 2. The second kappa shape index (κ2) is 6.74. The molecule has 1 fully saturated rings. The smallest absolute Gasteiger partial charge is 0.271 e. The first kappa shape index (κ1) is 16.7. The Morgan fingerprint density at radius 1 is 1.25 bits per heavy atom. The fraction of sp³-hybridized carbons (Fsp3) is 0.375. The zero-order valence-electron chi connectivity index (χ0n) is 13.1. The van der Waals surface area contributed by atoms with E-state index in [1.807, 2.05) is 12.1 Å². The minimum absolute atomic E-state index is 0.0594. The molecule has 1 aliphatic heterocycles. The van der Waals surface area contributed by atoms with Gasteiger partial charge in [-0.25, -0.2) is 13.6 Å². The molecule has 2 N–H and O–H groups in total. The van der Waals surface area contributed by atoms with Crippen LogP contribution in [0.5, 0.6) is 0 Å². The SMILES string of the molecule is NS(=O)(=O)c1cc(C(=O)N2CCCCC[C@@H]2c2ccncc2)co1. The molecule has 2 aromatic rings. The number of hydrogen-bond donors (Lipinski definition) is 1. The van der Waals surface area contributed by atoms with Crippen molar-refractivity contribution in [1.29, 1.82) is 0 Å². The van der Waals surface area contributed by atoms with Crippen molar-refractivity contribution in [2.75, 3.05) is 6.54 Å². The van der Waals surface area contributed by atoms with Gasteiger partial charge in [0.2, 0.25) is 5.09 Å². The van der Waals surface area contributed by atoms with Gasteiger partial charge in [-0.1, -0.05) is 12.8 Å². The number of hydrogen-bond acceptors (Lipinski definition) is 5. The fourth-order valence-corrected chi connectivity index (χ4v) is 3.50. The number of primary sulfonamides is 1. The van der Waals surface area contributed by atoms with Crippen molar-refractivity contribution >= 4 is 15.9 Å². The van der Waals surface area contributed by atoms with E-state index >= 15 is 0 Å². The number of nitrogens with two attached hydrogens (primary N) is 1. The Kier molecular flexibility index (Phi) is 4.68. The van der Waals surface area contributed by atoms with Gasteiger partial charge in [0.15, 0.2) is 0 Å². The molecule has 0 saturated carbocycles. The standard InChI is InChI=1S/C16H19N3O4S/c17-24(21,22)15-10-13(11-23-15)16(20)19-9-3-1-2-4-14(19)12-5-7-18-8-6-12/h5-8,10-11,14H,1-4,9H2,(H2,17,21,22)/t14-/m1/s1. The Labute approximate surface area is 140 Å². The highest BCUT2D eigenvalue weighted by atomic mass is 32.2. The van der Waals surface area contributed by atoms with Crippen molar-refractivity contribution in [1.82, 2.24) is 9.88 Å². The van der Waals surface area contributed by atoms with Crippen molar-refractivity contribution in [2.24, 2.45) is 5.14 Å². The van der Waals surface area contributed by atoms with Gasteiger partial charge in [-0.15, -0.1) is 0 Å². The molecule has 24 heavy (non-hydrogen) atoms. The number of pyridine rings is 1. The van der Waals surface area contributed by atoms with Crippen LogP contribution in [-0.2, 0) is 10.0 Å². The highest BCUT2D eigenvalue weighted by molar-refractivity contribution is 7.89. The zero-order chi connectivity index (χ0) is 17.2. The summed E-state index contributed by atoms with van der Waals surface area (Å²) in [7, 11) is -3.96. The maximum Gasteiger partial charge on any atom is 0.271 e. The molecule has 7 nitrogen and oxygen atoms in total. The summed E-state index contributed by atoms with van der Waals surface area (Å²) in [6.07, 6.45) is 8.42. The van der Waals surface area contributed by atoms with Crippen molar-refractivity contribution in [3.63, 3.8) is 0 Å². The normalized spacial score (nSPS) is 19.0. The lowest BCUT2D eigenvalue weighted by atomic mass is 10.0. The van der Waals surface area contributed by atoms with Crippen LogP contribution in [0.3, 0.4) is 0 Å². The number of aromatic nitrogens is 1. The van der Waals surface area contributed by atoms with E-state index in [9.17, 15) is 13.2 Å². The van der Waals surface area contributed by atoms with Gasteiger partial charge < -0.3 is 9.32 Å². The average molecular weight is 349 g/mol. The number of rotatable bonds is 3. The van der Waals surface area contributed by atoms with E-state index in [0.29, 0.717) is 6.54 Å². The maximum absolute atomic E-state index is 12.9. The van der Waals surface area contributed by atoms with Crippen LogP contribution in [0.2, 0.25) is 0 Å². The molecule has 8 heteroatoms. The minimum atomic E-state index is -3.96. The molecule has 0 spiro atoms. The third-order valence-electron chi connectivity index (χ3n) is 4.21. The van der Waals surface area contributed by atoms with Gasteiger partial charge in [0.25, 0.3) is 15.9 Å². The van der Waals surface area contributed by atoms with Gasteiger partial charge in [0.1, 0.15) is 6.26 Å². The molecule has 1 saturated heterocycles. The summed E-state index contributed by atoms with van der Waals surface area (Å²) in [5, 5.41) is 4.64. The Bertz CT molecular complexity index is 817. The Balaban J connectivity index is 1.91. The van der Waals surface area contributed by atoms with E-state index in [-0.39, 0.29) is 17.5 Å². The van der Waals surface area contributed by atoms with Gasteiger partial charge in [-0.2, -0.15) is 0 Å². The van der Waals surface area contributed by atoms with Crippen molar-refractivity contribution < 1.29 is 17.6 Å². The van der Waals surface area contributed by atoms with Crippen LogP contribution in [-0.4, -0.2) is 30.8 Å². The molecule has 0 unspecified atom stereocenters. The summed E-state index contributed by atoms with van der Waals surface area (Å²) in [5.74, 6) is -0.252. The van der Waals surface area contributed by atoms with E-state index in [4.69, 9.17) is 9.56 Å². The summed E-state index contributed by atoms with van der Waals surface area (Å²) in [6.45, 7) is 0.613. The molecule has 2 aromatic heterocycles. The summed E-state index contributed by atoms with van der Waals surface area (Å²) >= 11 is 0. The van der Waals surface area contributed by atoms with Gasteiger partial charge in [-0.3, -0.25) is 9.78 Å². The first-order valence-electron chi connectivity index (χ1n) is 7.79. The second-order valence-electron chi connectivity index (χ2n) is 5.84. The van der Waals surface area contributed by atoms with E-state index in [1.54, 1.807) is 17.3 Å². The zero-order valence-corrected chi connectivity index (χ0v) is 13.9. The predicted octanol–water partition coefficient (Wildman–Crippen LogP) is 2.08. The van der Waals surface area contributed by atoms with Gasteiger partial charge in [0, 0.05) is 25.0 Å². The Morgan fingerprint density at radius 3 is 2.67 bits per heavy atom. The maximum atomic E-state index is 12.9. The highest BCUT2D eigenvalue weighted by Crippen LogP contribution is 2.31. The molecule has 0 aromatic carbocycles. The molecular formula is C16H19N3O4S. The molecule has 0 bridgehead atoms. The van der Waals surface area contributed by atoms with Crippen LogP contribution < -0.4 is 5.14 Å². The molecule has 1 amide bonds. The van der Waals surface area contributed by atoms with E-state index < -0.39 is 15.1 Å². The molecule has 3 heterocycles. The first-order chi connectivity index (χ1) is 11.5. The average Bonchev–Trinajstić information content (AvgIpc) is 2.94. The quantitative estimate of drug-likeness (QED) is 0.913. The first-order valence-corrected chi connectivity index (χ1v) is 9.33. The minimum Gasteiger partial charge on any atom is -0.451 e. The lowest BCUT2D eigenvalue weighted by Gasteiger charge is -2.30. The monoisotopic (exact) mass is 349 g/mol. The third-order valence-corrected chi connectivity index (χ3v) is 4.98. The molecule has 0 aliphatic carbocycles. The van der Waals surface area contributed by atoms with Crippen LogP contribution in [0.15, 0.2) is 46.4 Å². The molecular weight excluding hydrogens is 330 g/mol. The Hall–Kier alpha value is -2.19. The summed E-state index contributed by atoms with van der Waals surface area (Å²) in [5.41, 5.74) is 1.22. The molecule has 3 rings (SSSR count). The number of carbonyl (C=O) groups is 1. The number of amides is 1. The van der Waals surface area contributed by atoms with Crippen molar-refractivity contribution in [2.45, 2.75) is 36.8 Å². The van der Waals surface area contributed by atoms with Crippen LogP contribution >= 0.6 is 0 Å². The molecule has 1 atom stereocenters. The number of furan rings is 1. The van der Waals surface area contributed by atoms with Crippen molar-refractivity contribution in [3.8, 4) is 0 Å². The van der Waals surface area contributed by atoms with E-state index in [2.05, 4.69) is 4.98 Å². The number of likely N-dealkylation sites (tertiary alicyclic amines) is 1. The van der Waals surface area contributed by atoms with Crippen LogP contribution in [0.25, 0.3) is 0 Å². The van der Waals surface area contributed by atoms with Crippen molar-refractivity contribution in [3.05, 3.63) is 48.0 Å². The van der Waals surface area contributed by atoms with Gasteiger partial charge in [0.05, 0.1) is 11.6 Å². The lowest BCUT2D eigenvalue weighted by Crippen LogP contribution is -2.34. The topological polar surface area (TPSA) is 106 Å². The van der Waals surface area contributed by atoms with Gasteiger partial charge in [-0.05, 0) is 30.5 Å². The van der Waals surface area contributed by atoms with Gasteiger partial charge >= 0.3 is 0 Å². The predicted molar refractivity (Wildman–Crippen MR) is 86.6 cm³/mol. The second-order valence-corrected chi connectivity index (χ2v) is 7.34. The summed E-state index contributed by atoms with van der Waals surface area (Å²) in [4.78, 5) is 18.7. The Morgan fingerprint density at radius 2 is 2.00 bits per heavy atom. The van der Waals surface area contributed by atoms with Crippen LogP contribution in [0.4, 0.5) is 0 Å².